The minimum atomic E-state index is -3.25. The number of nitrogens with zero attached hydrogens (tertiary/aromatic N) is 2. The Balaban J connectivity index is 2.52. The van der Waals surface area contributed by atoms with Crippen molar-refractivity contribution in [3.05, 3.63) is 0 Å². The minimum Gasteiger partial charge on any atom is -0.385 e. The molecule has 102 valence electrons. The molecular formula is C11H24N2O3S. The number of hydrogen-bond acceptors (Lipinski definition) is 3. The van der Waals surface area contributed by atoms with Gasteiger partial charge in [0, 0.05) is 40.4 Å². The van der Waals surface area contributed by atoms with Crippen LogP contribution >= 0.6 is 0 Å². The Morgan fingerprint density at radius 2 is 1.76 bits per heavy atom. The lowest BCUT2D eigenvalue weighted by molar-refractivity contribution is 0.188. The fourth-order valence-corrected chi connectivity index (χ4v) is 3.49. The lowest BCUT2D eigenvalue weighted by Crippen LogP contribution is -2.42. The van der Waals surface area contributed by atoms with E-state index in [1.54, 1.807) is 18.5 Å². The van der Waals surface area contributed by atoms with Crippen LogP contribution in [0, 0.1) is 0 Å². The molecule has 1 saturated heterocycles. The van der Waals surface area contributed by atoms with Crippen molar-refractivity contribution in [2.24, 2.45) is 0 Å². The lowest BCUT2D eigenvalue weighted by Gasteiger charge is -2.26. The van der Waals surface area contributed by atoms with E-state index >= 15 is 0 Å². The highest BCUT2D eigenvalue weighted by Gasteiger charge is 2.26. The summed E-state index contributed by atoms with van der Waals surface area (Å²) >= 11 is 0. The third-order valence-corrected chi connectivity index (χ3v) is 5.09. The second kappa shape index (κ2) is 7.31. The van der Waals surface area contributed by atoms with Gasteiger partial charge < -0.3 is 4.74 Å². The SMILES string of the molecule is COCCCN(C)S(=O)(=O)N1CCCCCC1. The molecule has 1 heterocycles. The van der Waals surface area contributed by atoms with Crippen molar-refractivity contribution >= 4 is 10.2 Å². The Bertz CT molecular complexity index is 298. The lowest BCUT2D eigenvalue weighted by atomic mass is 10.2. The van der Waals surface area contributed by atoms with Gasteiger partial charge in [0.05, 0.1) is 0 Å². The quantitative estimate of drug-likeness (QED) is 0.674. The molecule has 0 aromatic carbocycles. The molecule has 1 rings (SSSR count). The fourth-order valence-electron chi connectivity index (χ4n) is 2.02. The number of rotatable bonds is 6. The maximum Gasteiger partial charge on any atom is 0.281 e. The Morgan fingerprint density at radius 3 is 2.29 bits per heavy atom. The maximum absolute atomic E-state index is 12.2. The van der Waals surface area contributed by atoms with Gasteiger partial charge in [-0.1, -0.05) is 12.8 Å². The fraction of sp³-hybridized carbons (Fsp3) is 1.00. The van der Waals surface area contributed by atoms with Gasteiger partial charge in [-0.2, -0.15) is 17.0 Å². The van der Waals surface area contributed by atoms with E-state index < -0.39 is 10.2 Å². The van der Waals surface area contributed by atoms with Crippen LogP contribution in [0.1, 0.15) is 32.1 Å². The molecule has 6 heteroatoms. The van der Waals surface area contributed by atoms with Crippen LogP contribution in [-0.2, 0) is 14.9 Å². The van der Waals surface area contributed by atoms with Gasteiger partial charge in [-0.05, 0) is 19.3 Å². The average molecular weight is 264 g/mol. The molecule has 5 nitrogen and oxygen atoms in total. The molecule has 0 radical (unpaired) electrons. The van der Waals surface area contributed by atoms with E-state index in [0.29, 0.717) is 26.2 Å². The van der Waals surface area contributed by atoms with Crippen molar-refractivity contribution in [3.63, 3.8) is 0 Å². The van der Waals surface area contributed by atoms with Crippen molar-refractivity contribution in [3.8, 4) is 0 Å². The summed E-state index contributed by atoms with van der Waals surface area (Å²) in [5.74, 6) is 0. The summed E-state index contributed by atoms with van der Waals surface area (Å²) in [7, 11) is 0.0222. The van der Waals surface area contributed by atoms with E-state index in [-0.39, 0.29) is 0 Å². The van der Waals surface area contributed by atoms with E-state index in [2.05, 4.69) is 0 Å². The number of ether oxygens (including phenoxy) is 1. The van der Waals surface area contributed by atoms with E-state index in [1.807, 2.05) is 0 Å². The average Bonchev–Trinajstić information content (AvgIpc) is 2.58. The molecule has 1 fully saturated rings. The zero-order chi connectivity index (χ0) is 12.7. The second-order valence-corrected chi connectivity index (χ2v) is 6.52. The Morgan fingerprint density at radius 1 is 1.18 bits per heavy atom. The Labute approximate surface area is 105 Å². The predicted octanol–water partition coefficient (Wildman–Crippen LogP) is 1.08. The van der Waals surface area contributed by atoms with Crippen LogP contribution in [0.3, 0.4) is 0 Å². The van der Waals surface area contributed by atoms with Crippen LogP contribution in [0.2, 0.25) is 0 Å². The molecule has 1 aliphatic heterocycles. The summed E-state index contributed by atoms with van der Waals surface area (Å²) in [5, 5.41) is 0. The molecule has 1 aliphatic rings. The third-order valence-electron chi connectivity index (χ3n) is 3.11. The third kappa shape index (κ3) is 4.54. The summed E-state index contributed by atoms with van der Waals surface area (Å²) in [5.41, 5.74) is 0. The van der Waals surface area contributed by atoms with Gasteiger partial charge in [-0.25, -0.2) is 0 Å². The zero-order valence-corrected chi connectivity index (χ0v) is 11.7. The zero-order valence-electron chi connectivity index (χ0n) is 10.9. The van der Waals surface area contributed by atoms with E-state index in [1.165, 1.54) is 4.31 Å². The highest BCUT2D eigenvalue weighted by molar-refractivity contribution is 7.86. The van der Waals surface area contributed by atoms with Crippen molar-refractivity contribution in [1.29, 1.82) is 0 Å². The number of methoxy groups -OCH3 is 1. The van der Waals surface area contributed by atoms with Gasteiger partial charge in [0.25, 0.3) is 10.2 Å². The van der Waals surface area contributed by atoms with Crippen LogP contribution < -0.4 is 0 Å². The standard InChI is InChI=1S/C11H24N2O3S/c1-12(8-7-11-16-2)17(14,15)13-9-5-3-4-6-10-13/h3-11H2,1-2H3. The monoisotopic (exact) mass is 264 g/mol. The van der Waals surface area contributed by atoms with E-state index in [9.17, 15) is 8.42 Å². The first kappa shape index (κ1) is 14.9. The normalized spacial score (nSPS) is 19.5. The molecule has 0 aromatic heterocycles. The largest absolute Gasteiger partial charge is 0.385 e. The maximum atomic E-state index is 12.2. The second-order valence-electron chi connectivity index (χ2n) is 4.49. The van der Waals surface area contributed by atoms with Crippen LogP contribution in [-0.4, -0.2) is 57.4 Å². The van der Waals surface area contributed by atoms with Gasteiger partial charge in [0.1, 0.15) is 0 Å². The van der Waals surface area contributed by atoms with Crippen LogP contribution in [0.25, 0.3) is 0 Å². The summed E-state index contributed by atoms with van der Waals surface area (Å²) in [6, 6.07) is 0. The van der Waals surface area contributed by atoms with Gasteiger partial charge in [-0.15, -0.1) is 0 Å². The highest BCUT2D eigenvalue weighted by Crippen LogP contribution is 2.15. The molecule has 17 heavy (non-hydrogen) atoms. The smallest absolute Gasteiger partial charge is 0.281 e. The van der Waals surface area contributed by atoms with Crippen LogP contribution in [0.15, 0.2) is 0 Å². The summed E-state index contributed by atoms with van der Waals surface area (Å²) < 4.78 is 32.5. The van der Waals surface area contributed by atoms with Gasteiger partial charge in [-0.3, -0.25) is 0 Å². The topological polar surface area (TPSA) is 49.9 Å². The van der Waals surface area contributed by atoms with Crippen molar-refractivity contribution in [2.75, 3.05) is 40.4 Å². The van der Waals surface area contributed by atoms with Crippen molar-refractivity contribution < 1.29 is 13.2 Å². The van der Waals surface area contributed by atoms with E-state index in [4.69, 9.17) is 4.74 Å². The predicted molar refractivity (Wildman–Crippen MR) is 68.1 cm³/mol. The van der Waals surface area contributed by atoms with Gasteiger partial charge in [0.2, 0.25) is 0 Å². The highest BCUT2D eigenvalue weighted by atomic mass is 32.2. The molecule has 0 spiro atoms. The molecule has 0 N–H and O–H groups in total. The molecule has 0 atom stereocenters. The van der Waals surface area contributed by atoms with Gasteiger partial charge in [0.15, 0.2) is 0 Å². The van der Waals surface area contributed by atoms with Gasteiger partial charge >= 0.3 is 0 Å². The molecule has 0 aromatic rings. The van der Waals surface area contributed by atoms with Crippen LogP contribution in [0.5, 0.6) is 0 Å². The summed E-state index contributed by atoms with van der Waals surface area (Å²) in [4.78, 5) is 0. The molecule has 0 amide bonds. The summed E-state index contributed by atoms with van der Waals surface area (Å²) in [6.45, 7) is 2.44. The summed E-state index contributed by atoms with van der Waals surface area (Å²) in [6.07, 6.45) is 4.97. The van der Waals surface area contributed by atoms with Crippen molar-refractivity contribution in [2.45, 2.75) is 32.1 Å². The Kier molecular flexibility index (Phi) is 6.40. The minimum absolute atomic E-state index is 0.521. The molecule has 0 unspecified atom stereocenters. The first-order valence-corrected chi connectivity index (χ1v) is 7.69. The van der Waals surface area contributed by atoms with Crippen molar-refractivity contribution in [1.82, 2.24) is 8.61 Å². The first-order valence-electron chi connectivity index (χ1n) is 6.29. The Hall–Kier alpha value is -0.170. The van der Waals surface area contributed by atoms with E-state index in [0.717, 1.165) is 32.1 Å². The number of hydrogen-bond donors (Lipinski definition) is 0. The molecule has 0 bridgehead atoms. The molecular weight excluding hydrogens is 240 g/mol. The van der Waals surface area contributed by atoms with Crippen LogP contribution in [0.4, 0.5) is 0 Å². The molecule has 0 saturated carbocycles. The molecule has 0 aliphatic carbocycles. The first-order chi connectivity index (χ1) is 8.09.